The van der Waals surface area contributed by atoms with Gasteiger partial charge in [0.25, 0.3) is 0 Å². The molecule has 0 saturated carbocycles. The van der Waals surface area contributed by atoms with Crippen LogP contribution in [0.2, 0.25) is 0 Å². The van der Waals surface area contributed by atoms with Crippen LogP contribution in [0.1, 0.15) is 71.2 Å². The van der Waals surface area contributed by atoms with Crippen LogP contribution in [0.5, 0.6) is 0 Å². The summed E-state index contributed by atoms with van der Waals surface area (Å²) in [5.74, 6) is -1.63. The van der Waals surface area contributed by atoms with E-state index in [-0.39, 0.29) is 49.0 Å². The molecule has 1 saturated heterocycles. The van der Waals surface area contributed by atoms with Gasteiger partial charge < -0.3 is 30.1 Å². The zero-order valence-corrected chi connectivity index (χ0v) is 27.4. The van der Waals surface area contributed by atoms with Crippen molar-refractivity contribution >= 4 is 29.6 Å². The lowest BCUT2D eigenvalue weighted by molar-refractivity contribution is -0.268. The molecule has 0 unspecified atom stereocenters. The summed E-state index contributed by atoms with van der Waals surface area (Å²) in [7, 11) is 0. The van der Waals surface area contributed by atoms with Gasteiger partial charge in [-0.1, -0.05) is 79.7 Å². The minimum absolute atomic E-state index is 0.0401. The fraction of sp³-hybridized carbons (Fsp3) is 0.289. The highest BCUT2D eigenvalue weighted by atomic mass is 32.2. The monoisotopic (exact) mass is 669 g/mol. The fourth-order valence-corrected chi connectivity index (χ4v) is 6.88. The van der Waals surface area contributed by atoms with Crippen LogP contribution in [-0.2, 0) is 32.2 Å². The molecule has 1 fully saturated rings. The molecule has 0 radical (unpaired) electrons. The first-order valence-corrected chi connectivity index (χ1v) is 16.8. The predicted octanol–water partition coefficient (Wildman–Crippen LogP) is 7.00. The molecule has 1 amide bonds. The highest BCUT2D eigenvalue weighted by molar-refractivity contribution is 7.99. The quantitative estimate of drug-likeness (QED) is 0.104. The van der Waals surface area contributed by atoms with E-state index in [9.17, 15) is 24.6 Å². The van der Waals surface area contributed by atoms with Crippen molar-refractivity contribution in [1.82, 2.24) is 5.32 Å². The van der Waals surface area contributed by atoms with E-state index in [0.717, 1.165) is 33.4 Å². The van der Waals surface area contributed by atoms with Gasteiger partial charge in [0.15, 0.2) is 6.29 Å². The first-order chi connectivity index (χ1) is 23.2. The highest BCUT2D eigenvalue weighted by Gasteiger charge is 2.38. The number of carboxylic acid groups (broad SMARTS) is 2. The smallest absolute Gasteiger partial charge is 0.336 e. The van der Waals surface area contributed by atoms with E-state index >= 15 is 0 Å². The third-order valence-electron chi connectivity index (χ3n) is 8.35. The van der Waals surface area contributed by atoms with Crippen LogP contribution >= 0.6 is 11.8 Å². The van der Waals surface area contributed by atoms with Crippen molar-refractivity contribution in [2.45, 2.75) is 62.7 Å². The number of aliphatic carboxylic acids is 1. The second kappa shape index (κ2) is 16.6. The Hall–Kier alpha value is -4.48. The lowest BCUT2D eigenvalue weighted by atomic mass is 9.91. The standard InChI is InChI=1S/C38H39NO8S/c1-24-32(23-48-33-12-3-2-11-31(33)37(44)45)46-38(47-36(24)27-17-15-25(22-40)16-18-27)30-10-5-9-29(20-30)28-8-4-7-26(19-28)21-39-34(41)13-6-14-35(42)43/h2-5,7-12,15-20,24,32,36,38,40H,6,13-14,21-23H2,1H3,(H,39,41)(H,42,43)(H,44,45)/t24-,32+,36+,38+/m1/s1. The molecule has 0 aliphatic carbocycles. The Morgan fingerprint density at radius 3 is 2.25 bits per heavy atom. The molecule has 0 bridgehead atoms. The van der Waals surface area contributed by atoms with Crippen molar-refractivity contribution < 1.29 is 39.2 Å². The van der Waals surface area contributed by atoms with Crippen molar-refractivity contribution in [3.05, 3.63) is 125 Å². The second-order valence-corrected chi connectivity index (χ2v) is 12.8. The molecule has 4 N–H and O–H groups in total. The number of thioether (sulfide) groups is 1. The summed E-state index contributed by atoms with van der Waals surface area (Å²) in [5, 5.41) is 30.9. The average Bonchev–Trinajstić information content (AvgIpc) is 3.10. The lowest BCUT2D eigenvalue weighted by Crippen LogP contribution is -2.38. The molecule has 4 aromatic carbocycles. The maximum absolute atomic E-state index is 12.2. The third kappa shape index (κ3) is 9.11. The molecule has 1 aliphatic heterocycles. The van der Waals surface area contributed by atoms with Gasteiger partial charge in [-0.15, -0.1) is 11.8 Å². The van der Waals surface area contributed by atoms with Gasteiger partial charge in [-0.3, -0.25) is 9.59 Å². The summed E-state index contributed by atoms with van der Waals surface area (Å²) in [6.45, 7) is 2.35. The summed E-state index contributed by atoms with van der Waals surface area (Å²) in [6, 6.07) is 30.4. The van der Waals surface area contributed by atoms with Gasteiger partial charge in [-0.2, -0.15) is 0 Å². The van der Waals surface area contributed by atoms with Gasteiger partial charge in [0, 0.05) is 41.5 Å². The maximum Gasteiger partial charge on any atom is 0.336 e. The topological polar surface area (TPSA) is 142 Å². The molecule has 4 atom stereocenters. The summed E-state index contributed by atoms with van der Waals surface area (Å²) in [4.78, 5) is 35.4. The average molecular weight is 670 g/mol. The number of carbonyl (C=O) groups excluding carboxylic acids is 1. The van der Waals surface area contributed by atoms with Crippen LogP contribution in [-0.4, -0.2) is 45.0 Å². The Labute approximate surface area is 283 Å². The SMILES string of the molecule is C[C@@H]1[C@H](CSc2ccccc2C(=O)O)O[C@H](c2cccc(-c3cccc(CNC(=O)CCCC(=O)O)c3)c2)O[C@@H]1c1ccc(CO)cc1. The number of amides is 1. The number of carboxylic acids is 2. The van der Waals surface area contributed by atoms with E-state index in [1.165, 1.54) is 11.8 Å². The van der Waals surface area contributed by atoms with E-state index in [4.69, 9.17) is 14.6 Å². The van der Waals surface area contributed by atoms with Gasteiger partial charge >= 0.3 is 11.9 Å². The molecular formula is C38H39NO8S. The Morgan fingerprint density at radius 2 is 1.52 bits per heavy atom. The molecule has 10 heteroatoms. The van der Waals surface area contributed by atoms with Crippen molar-refractivity contribution in [2.24, 2.45) is 5.92 Å². The number of aliphatic hydroxyl groups is 1. The molecule has 1 aliphatic rings. The van der Waals surface area contributed by atoms with Gasteiger partial charge in [-0.05, 0) is 58.5 Å². The number of rotatable bonds is 14. The normalized spacial score (nSPS) is 19.0. The maximum atomic E-state index is 12.2. The van der Waals surface area contributed by atoms with Gasteiger partial charge in [0.1, 0.15) is 0 Å². The number of aromatic carboxylic acids is 1. The van der Waals surface area contributed by atoms with Crippen LogP contribution in [0.25, 0.3) is 11.1 Å². The van der Waals surface area contributed by atoms with Crippen molar-refractivity contribution in [3.8, 4) is 11.1 Å². The van der Waals surface area contributed by atoms with E-state index < -0.39 is 18.2 Å². The van der Waals surface area contributed by atoms with Crippen LogP contribution in [0.3, 0.4) is 0 Å². The minimum Gasteiger partial charge on any atom is -0.481 e. The summed E-state index contributed by atoms with van der Waals surface area (Å²) in [5.41, 5.74) is 5.65. The van der Waals surface area contributed by atoms with E-state index in [0.29, 0.717) is 23.6 Å². The number of carbonyl (C=O) groups is 3. The zero-order chi connectivity index (χ0) is 34.0. The summed E-state index contributed by atoms with van der Waals surface area (Å²) < 4.78 is 13.3. The molecule has 0 aromatic heterocycles. The predicted molar refractivity (Wildman–Crippen MR) is 182 cm³/mol. The number of aliphatic hydroxyl groups excluding tert-OH is 1. The number of hydrogen-bond donors (Lipinski definition) is 4. The highest BCUT2D eigenvalue weighted by Crippen LogP contribution is 2.43. The molecule has 9 nitrogen and oxygen atoms in total. The third-order valence-corrected chi connectivity index (χ3v) is 9.51. The lowest BCUT2D eigenvalue weighted by Gasteiger charge is -2.41. The first kappa shape index (κ1) is 34.8. The minimum atomic E-state index is -0.974. The number of nitrogens with one attached hydrogen (secondary N) is 1. The Kier molecular flexibility index (Phi) is 12.0. The molecule has 5 rings (SSSR count). The number of benzene rings is 4. The van der Waals surface area contributed by atoms with Gasteiger partial charge in [0.2, 0.25) is 5.91 Å². The second-order valence-electron chi connectivity index (χ2n) is 11.8. The Bertz CT molecular complexity index is 1730. The summed E-state index contributed by atoms with van der Waals surface area (Å²) >= 11 is 1.45. The fourth-order valence-electron chi connectivity index (χ4n) is 5.67. The van der Waals surface area contributed by atoms with Crippen molar-refractivity contribution in [1.29, 1.82) is 0 Å². The van der Waals surface area contributed by atoms with Crippen LogP contribution in [0, 0.1) is 5.92 Å². The molecule has 0 spiro atoms. The molecular weight excluding hydrogens is 630 g/mol. The van der Waals surface area contributed by atoms with Crippen LogP contribution in [0.15, 0.2) is 102 Å². The number of hydrogen-bond acceptors (Lipinski definition) is 7. The van der Waals surface area contributed by atoms with E-state index in [2.05, 4.69) is 12.2 Å². The van der Waals surface area contributed by atoms with Gasteiger partial charge in [0.05, 0.1) is 24.4 Å². The van der Waals surface area contributed by atoms with Gasteiger partial charge in [-0.25, -0.2) is 4.79 Å². The number of ether oxygens (including phenoxy) is 2. The zero-order valence-electron chi connectivity index (χ0n) is 26.6. The van der Waals surface area contributed by atoms with E-state index in [1.807, 2.05) is 84.9 Å². The molecule has 250 valence electrons. The molecule has 4 aromatic rings. The summed E-state index contributed by atoms with van der Waals surface area (Å²) in [6.07, 6.45) is -0.875. The van der Waals surface area contributed by atoms with E-state index in [1.54, 1.807) is 12.1 Å². The molecule has 1 heterocycles. The largest absolute Gasteiger partial charge is 0.481 e. The first-order valence-electron chi connectivity index (χ1n) is 15.9. The Balaban J connectivity index is 1.35. The van der Waals surface area contributed by atoms with Crippen LogP contribution in [0.4, 0.5) is 0 Å². The Morgan fingerprint density at radius 1 is 0.792 bits per heavy atom. The molecule has 48 heavy (non-hydrogen) atoms. The van der Waals surface area contributed by atoms with Crippen molar-refractivity contribution in [2.75, 3.05) is 5.75 Å². The van der Waals surface area contributed by atoms with Crippen molar-refractivity contribution in [3.63, 3.8) is 0 Å². The van der Waals surface area contributed by atoms with Crippen LogP contribution < -0.4 is 5.32 Å².